The smallest absolute Gasteiger partial charge is 0.326 e. The molecule has 0 aliphatic carbocycles. The van der Waals surface area contributed by atoms with Gasteiger partial charge in [0.05, 0.1) is 33.0 Å². The fourth-order valence-electron chi connectivity index (χ4n) is 2.81. The molecule has 0 saturated heterocycles. The minimum Gasteiger partial charge on any atom is -0.480 e. The van der Waals surface area contributed by atoms with Crippen molar-refractivity contribution < 1.29 is 48.1 Å². The second-order valence-corrected chi connectivity index (χ2v) is 11.8. The normalized spacial score (nSPS) is 11.9. The molecule has 0 aromatic rings. The third kappa shape index (κ3) is 25.3. The predicted molar refractivity (Wildman–Crippen MR) is 161 cm³/mol. The summed E-state index contributed by atoms with van der Waals surface area (Å²) < 4.78 is 15.8. The van der Waals surface area contributed by atoms with Crippen LogP contribution in [0.15, 0.2) is 0 Å². The van der Waals surface area contributed by atoms with Crippen molar-refractivity contribution in [1.82, 2.24) is 16.0 Å². The van der Waals surface area contributed by atoms with Crippen LogP contribution in [0.2, 0.25) is 0 Å². The zero-order valence-electron chi connectivity index (χ0n) is 27.4. The van der Waals surface area contributed by atoms with E-state index in [0.29, 0.717) is 39.2 Å². The van der Waals surface area contributed by atoms with Gasteiger partial charge in [-0.05, 0) is 6.42 Å². The molecule has 0 rings (SSSR count). The van der Waals surface area contributed by atoms with Crippen LogP contribution < -0.4 is 16.0 Å². The molecule has 3 amide bonds. The molecular formula is C30H55N3O10. The number of ketones is 2. The summed E-state index contributed by atoms with van der Waals surface area (Å²) in [4.78, 5) is 68.0. The number of rotatable bonds is 21. The van der Waals surface area contributed by atoms with Gasteiger partial charge in [0.2, 0.25) is 17.7 Å². The summed E-state index contributed by atoms with van der Waals surface area (Å²) >= 11 is 0. The SMILES string of the molecule is CCC(=O)NCCOCCC(=O)C(C)(C)C.CCC(=O)N[C@@H](CCC(=O)NCCOCCOCC(=O)C(C)(C)C)C(=O)O. The van der Waals surface area contributed by atoms with Crippen molar-refractivity contribution in [3.63, 3.8) is 0 Å². The van der Waals surface area contributed by atoms with Crippen LogP contribution in [0.1, 0.15) is 87.5 Å². The van der Waals surface area contributed by atoms with Crippen LogP contribution in [0.5, 0.6) is 0 Å². The van der Waals surface area contributed by atoms with Crippen molar-refractivity contribution in [1.29, 1.82) is 0 Å². The first-order valence-electron chi connectivity index (χ1n) is 14.8. The molecule has 0 fully saturated rings. The Balaban J connectivity index is 0. The minimum atomic E-state index is -1.17. The van der Waals surface area contributed by atoms with Gasteiger partial charge < -0.3 is 35.3 Å². The average molecular weight is 618 g/mol. The zero-order chi connectivity index (χ0) is 33.5. The standard InChI is InChI=1S/C18H32N2O7.C12H23NO3/c1-5-15(22)20-13(17(24)25)6-7-16(23)19-8-9-26-10-11-27-12-14(21)18(2,3)4;1-5-11(15)13-7-9-16-8-6-10(14)12(2,3)4/h13H,5-12H2,1-4H3,(H,19,23)(H,20,22)(H,24,25);5-9H2,1-4H3,(H,13,15)/t13-;/m0./s1. The van der Waals surface area contributed by atoms with Crippen molar-refractivity contribution in [2.24, 2.45) is 10.8 Å². The average Bonchev–Trinajstić information content (AvgIpc) is 2.92. The molecule has 13 heteroatoms. The van der Waals surface area contributed by atoms with Gasteiger partial charge in [0.15, 0.2) is 5.78 Å². The van der Waals surface area contributed by atoms with Crippen LogP contribution in [-0.2, 0) is 43.0 Å². The van der Waals surface area contributed by atoms with Crippen molar-refractivity contribution in [2.45, 2.75) is 93.5 Å². The Morgan fingerprint density at radius 2 is 1.12 bits per heavy atom. The van der Waals surface area contributed by atoms with Crippen LogP contribution in [-0.4, -0.2) is 99.1 Å². The van der Waals surface area contributed by atoms with Crippen LogP contribution in [0, 0.1) is 10.8 Å². The molecule has 0 aromatic carbocycles. The van der Waals surface area contributed by atoms with E-state index in [1.165, 1.54) is 0 Å². The number of carboxylic acid groups (broad SMARTS) is 1. The Morgan fingerprint density at radius 1 is 0.628 bits per heavy atom. The predicted octanol–water partition coefficient (Wildman–Crippen LogP) is 2.05. The highest BCUT2D eigenvalue weighted by atomic mass is 16.5. The Labute approximate surface area is 256 Å². The summed E-state index contributed by atoms with van der Waals surface area (Å²) in [6.45, 7) is 17.2. The maximum Gasteiger partial charge on any atom is 0.326 e. The monoisotopic (exact) mass is 617 g/mol. The first-order valence-corrected chi connectivity index (χ1v) is 14.8. The molecule has 0 bridgehead atoms. The highest BCUT2D eigenvalue weighted by molar-refractivity contribution is 5.85. The van der Waals surface area contributed by atoms with E-state index in [1.54, 1.807) is 13.8 Å². The largest absolute Gasteiger partial charge is 0.480 e. The summed E-state index contributed by atoms with van der Waals surface area (Å²) in [5.74, 6) is -1.62. The highest BCUT2D eigenvalue weighted by Gasteiger charge is 2.22. The van der Waals surface area contributed by atoms with E-state index in [0.717, 1.165) is 0 Å². The number of hydrogen-bond acceptors (Lipinski definition) is 9. The van der Waals surface area contributed by atoms with Crippen molar-refractivity contribution in [3.05, 3.63) is 0 Å². The van der Waals surface area contributed by atoms with Crippen LogP contribution in [0.25, 0.3) is 0 Å². The van der Waals surface area contributed by atoms with E-state index in [9.17, 15) is 28.8 Å². The molecule has 0 unspecified atom stereocenters. The Morgan fingerprint density at radius 3 is 1.60 bits per heavy atom. The van der Waals surface area contributed by atoms with Crippen molar-refractivity contribution in [2.75, 3.05) is 52.7 Å². The fourth-order valence-corrected chi connectivity index (χ4v) is 2.81. The van der Waals surface area contributed by atoms with Gasteiger partial charge in [-0.1, -0.05) is 55.4 Å². The zero-order valence-corrected chi connectivity index (χ0v) is 27.4. The van der Waals surface area contributed by atoms with Crippen molar-refractivity contribution in [3.8, 4) is 0 Å². The maximum atomic E-state index is 11.7. The van der Waals surface area contributed by atoms with Crippen LogP contribution in [0.4, 0.5) is 0 Å². The van der Waals surface area contributed by atoms with E-state index in [1.807, 2.05) is 41.5 Å². The lowest BCUT2D eigenvalue weighted by molar-refractivity contribution is -0.142. The minimum absolute atomic E-state index is 0.0149. The van der Waals surface area contributed by atoms with Gasteiger partial charge in [-0.2, -0.15) is 0 Å². The Kier molecular flexibility index (Phi) is 23.1. The molecule has 1 atom stereocenters. The summed E-state index contributed by atoms with van der Waals surface area (Å²) in [5, 5.41) is 16.7. The van der Waals surface area contributed by atoms with Crippen LogP contribution in [0.3, 0.4) is 0 Å². The first-order chi connectivity index (χ1) is 19.9. The summed E-state index contributed by atoms with van der Waals surface area (Å²) in [6, 6.07) is -1.08. The number of aliphatic carboxylic acids is 1. The number of ether oxygens (including phenoxy) is 3. The first kappa shape index (κ1) is 42.2. The van der Waals surface area contributed by atoms with E-state index < -0.39 is 17.4 Å². The molecule has 0 aromatic heterocycles. The van der Waals surface area contributed by atoms with Crippen molar-refractivity contribution >= 4 is 35.3 Å². The van der Waals surface area contributed by atoms with Gasteiger partial charge >= 0.3 is 5.97 Å². The molecule has 250 valence electrons. The molecule has 43 heavy (non-hydrogen) atoms. The molecule has 13 nitrogen and oxygen atoms in total. The van der Waals surface area contributed by atoms with Gasteiger partial charge in [-0.25, -0.2) is 4.79 Å². The number of amides is 3. The van der Waals surface area contributed by atoms with E-state index in [4.69, 9.17) is 19.3 Å². The molecule has 0 spiro atoms. The van der Waals surface area contributed by atoms with Gasteiger partial charge in [0, 0.05) is 49.6 Å². The lowest BCUT2D eigenvalue weighted by atomic mass is 9.89. The number of carboxylic acids is 1. The number of nitrogens with one attached hydrogen (secondary N) is 3. The third-order valence-corrected chi connectivity index (χ3v) is 5.82. The molecule has 0 aliphatic rings. The van der Waals surface area contributed by atoms with E-state index >= 15 is 0 Å². The lowest BCUT2D eigenvalue weighted by Gasteiger charge is -2.16. The van der Waals surface area contributed by atoms with Gasteiger partial charge in [-0.15, -0.1) is 0 Å². The second-order valence-electron chi connectivity index (χ2n) is 11.8. The molecular weight excluding hydrogens is 562 g/mol. The van der Waals surface area contributed by atoms with Gasteiger partial charge in [-0.3, -0.25) is 24.0 Å². The summed E-state index contributed by atoms with van der Waals surface area (Å²) in [7, 11) is 0. The molecule has 0 heterocycles. The van der Waals surface area contributed by atoms with E-state index in [-0.39, 0.29) is 80.3 Å². The molecule has 0 radical (unpaired) electrons. The van der Waals surface area contributed by atoms with Gasteiger partial charge in [0.1, 0.15) is 18.4 Å². The fraction of sp³-hybridized carbons (Fsp3) is 0.800. The lowest BCUT2D eigenvalue weighted by Crippen LogP contribution is -2.41. The Bertz CT molecular complexity index is 863. The summed E-state index contributed by atoms with van der Waals surface area (Å²) in [5.41, 5.74) is -0.718. The maximum absolute atomic E-state index is 11.7. The number of carbonyl (C=O) groups excluding carboxylic acids is 5. The van der Waals surface area contributed by atoms with Gasteiger partial charge in [0.25, 0.3) is 0 Å². The van der Waals surface area contributed by atoms with Crippen LogP contribution >= 0.6 is 0 Å². The molecule has 0 saturated carbocycles. The quantitative estimate of drug-likeness (QED) is 0.139. The number of Topliss-reactive ketones (excluding diaryl/α,β-unsaturated/α-hetero) is 2. The Hall–Kier alpha value is -2.90. The third-order valence-electron chi connectivity index (χ3n) is 5.82. The second kappa shape index (κ2) is 23.5. The number of hydrogen-bond donors (Lipinski definition) is 4. The summed E-state index contributed by atoms with van der Waals surface area (Å²) in [6.07, 6.45) is 1.11. The molecule has 4 N–H and O–H groups in total. The topological polar surface area (TPSA) is 186 Å². The van der Waals surface area contributed by atoms with E-state index in [2.05, 4.69) is 16.0 Å². The molecule has 0 aliphatic heterocycles. The number of carbonyl (C=O) groups is 6. The highest BCUT2D eigenvalue weighted by Crippen LogP contribution is 2.16.